The van der Waals surface area contributed by atoms with E-state index in [0.29, 0.717) is 10.6 Å². The molecule has 0 aliphatic carbocycles. The first-order chi connectivity index (χ1) is 7.70. The zero-order chi connectivity index (χ0) is 11.5. The smallest absolute Gasteiger partial charge is 0.150 e. The van der Waals surface area contributed by atoms with Crippen molar-refractivity contribution in [3.63, 3.8) is 0 Å². The van der Waals surface area contributed by atoms with Gasteiger partial charge in [0.25, 0.3) is 0 Å². The molecule has 2 rings (SSSR count). The van der Waals surface area contributed by atoms with E-state index in [1.807, 2.05) is 43.3 Å². The second-order valence-corrected chi connectivity index (χ2v) is 4.14. The summed E-state index contributed by atoms with van der Waals surface area (Å²) in [7, 11) is 0. The minimum Gasteiger partial charge on any atom is -0.298 e. The lowest BCUT2D eigenvalue weighted by molar-refractivity contribution is 0.112. The molecule has 0 radical (unpaired) electrons. The van der Waals surface area contributed by atoms with Gasteiger partial charge < -0.3 is 0 Å². The SMILES string of the molecule is Cc1ccc(Cl)cc1-c1cccc(C=O)c1. The lowest BCUT2D eigenvalue weighted by Crippen LogP contribution is -1.85. The zero-order valence-corrected chi connectivity index (χ0v) is 9.66. The van der Waals surface area contributed by atoms with E-state index < -0.39 is 0 Å². The van der Waals surface area contributed by atoms with Gasteiger partial charge in [-0.3, -0.25) is 4.79 Å². The summed E-state index contributed by atoms with van der Waals surface area (Å²) in [6.45, 7) is 2.03. The molecule has 0 saturated carbocycles. The minimum absolute atomic E-state index is 0.678. The maximum absolute atomic E-state index is 10.7. The normalized spacial score (nSPS) is 10.1. The van der Waals surface area contributed by atoms with Gasteiger partial charge in [-0.25, -0.2) is 0 Å². The summed E-state index contributed by atoms with van der Waals surface area (Å²) in [5.74, 6) is 0. The van der Waals surface area contributed by atoms with Crippen molar-refractivity contribution in [1.82, 2.24) is 0 Å². The van der Waals surface area contributed by atoms with Crippen LogP contribution >= 0.6 is 11.6 Å². The quantitative estimate of drug-likeness (QED) is 0.709. The van der Waals surface area contributed by atoms with Crippen molar-refractivity contribution in [2.24, 2.45) is 0 Å². The number of aldehydes is 1. The highest BCUT2D eigenvalue weighted by Gasteiger charge is 2.03. The summed E-state index contributed by atoms with van der Waals surface area (Å²) in [5, 5.41) is 0.706. The first-order valence-corrected chi connectivity index (χ1v) is 5.40. The van der Waals surface area contributed by atoms with Gasteiger partial charge in [0.05, 0.1) is 0 Å². The fourth-order valence-electron chi connectivity index (χ4n) is 1.68. The van der Waals surface area contributed by atoms with Gasteiger partial charge in [0.1, 0.15) is 6.29 Å². The summed E-state index contributed by atoms with van der Waals surface area (Å²) >= 11 is 5.97. The molecule has 0 bridgehead atoms. The largest absolute Gasteiger partial charge is 0.298 e. The number of halogens is 1. The van der Waals surface area contributed by atoms with Gasteiger partial charge in [0, 0.05) is 10.6 Å². The Kier molecular flexibility index (Phi) is 3.07. The molecule has 0 saturated heterocycles. The fraction of sp³-hybridized carbons (Fsp3) is 0.0714. The highest BCUT2D eigenvalue weighted by molar-refractivity contribution is 6.30. The van der Waals surface area contributed by atoms with Crippen molar-refractivity contribution in [1.29, 1.82) is 0 Å². The molecule has 0 N–H and O–H groups in total. The maximum atomic E-state index is 10.7. The van der Waals surface area contributed by atoms with Crippen molar-refractivity contribution in [3.05, 3.63) is 58.6 Å². The van der Waals surface area contributed by atoms with Crippen LogP contribution < -0.4 is 0 Å². The highest BCUT2D eigenvalue weighted by atomic mass is 35.5. The topological polar surface area (TPSA) is 17.1 Å². The molecule has 2 aromatic rings. The van der Waals surface area contributed by atoms with Crippen molar-refractivity contribution >= 4 is 17.9 Å². The minimum atomic E-state index is 0.678. The zero-order valence-electron chi connectivity index (χ0n) is 8.91. The predicted molar refractivity (Wildman–Crippen MR) is 67.0 cm³/mol. The van der Waals surface area contributed by atoms with Crippen molar-refractivity contribution < 1.29 is 4.79 Å². The predicted octanol–water partition coefficient (Wildman–Crippen LogP) is 4.13. The Morgan fingerprint density at radius 1 is 1.12 bits per heavy atom. The average Bonchev–Trinajstić information content (AvgIpc) is 2.32. The van der Waals surface area contributed by atoms with Crippen LogP contribution in [0.3, 0.4) is 0 Å². The van der Waals surface area contributed by atoms with E-state index in [2.05, 4.69) is 0 Å². The molecule has 0 aliphatic rings. The monoisotopic (exact) mass is 230 g/mol. The molecule has 0 unspecified atom stereocenters. The fourth-order valence-corrected chi connectivity index (χ4v) is 1.86. The Balaban J connectivity index is 2.57. The summed E-state index contributed by atoms with van der Waals surface area (Å²) < 4.78 is 0. The Labute approximate surface area is 99.7 Å². The van der Waals surface area contributed by atoms with Gasteiger partial charge in [0.2, 0.25) is 0 Å². The number of carbonyl (C=O) groups excluding carboxylic acids is 1. The Hall–Kier alpha value is -1.60. The number of hydrogen-bond acceptors (Lipinski definition) is 1. The number of carbonyl (C=O) groups is 1. The van der Waals surface area contributed by atoms with Crippen LogP contribution in [0.2, 0.25) is 5.02 Å². The van der Waals surface area contributed by atoms with Gasteiger partial charge in [-0.15, -0.1) is 0 Å². The third-order valence-corrected chi connectivity index (χ3v) is 2.77. The standard InChI is InChI=1S/C14H11ClO/c1-10-5-6-13(15)8-14(10)12-4-2-3-11(7-12)9-16/h2-9H,1H3. The average molecular weight is 231 g/mol. The molecule has 1 nitrogen and oxygen atoms in total. The van der Waals surface area contributed by atoms with E-state index >= 15 is 0 Å². The van der Waals surface area contributed by atoms with Crippen molar-refractivity contribution in [2.75, 3.05) is 0 Å². The lowest BCUT2D eigenvalue weighted by Gasteiger charge is -2.07. The van der Waals surface area contributed by atoms with E-state index in [1.54, 1.807) is 6.07 Å². The molecular formula is C14H11ClO. The van der Waals surface area contributed by atoms with Crippen LogP contribution in [0.4, 0.5) is 0 Å². The number of aryl methyl sites for hydroxylation is 1. The van der Waals surface area contributed by atoms with Crippen LogP contribution in [0.25, 0.3) is 11.1 Å². The molecule has 0 spiro atoms. The lowest BCUT2D eigenvalue weighted by atomic mass is 9.99. The van der Waals surface area contributed by atoms with E-state index in [0.717, 1.165) is 23.0 Å². The van der Waals surface area contributed by atoms with Gasteiger partial charge in [-0.05, 0) is 41.8 Å². The highest BCUT2D eigenvalue weighted by Crippen LogP contribution is 2.26. The molecule has 2 heteroatoms. The van der Waals surface area contributed by atoms with E-state index in [9.17, 15) is 4.79 Å². The maximum Gasteiger partial charge on any atom is 0.150 e. The Morgan fingerprint density at radius 3 is 2.69 bits per heavy atom. The summed E-state index contributed by atoms with van der Waals surface area (Å²) in [4.78, 5) is 10.7. The molecule has 0 aromatic heterocycles. The van der Waals surface area contributed by atoms with Gasteiger partial charge in [-0.2, -0.15) is 0 Å². The molecule has 2 aromatic carbocycles. The summed E-state index contributed by atoms with van der Waals surface area (Å²) in [5.41, 5.74) is 3.91. The molecule has 16 heavy (non-hydrogen) atoms. The second-order valence-electron chi connectivity index (χ2n) is 3.70. The van der Waals surface area contributed by atoms with Crippen molar-refractivity contribution in [3.8, 4) is 11.1 Å². The van der Waals surface area contributed by atoms with Crippen molar-refractivity contribution in [2.45, 2.75) is 6.92 Å². The summed E-state index contributed by atoms with van der Waals surface area (Å²) in [6.07, 6.45) is 0.851. The van der Waals surface area contributed by atoms with Crippen LogP contribution in [-0.2, 0) is 0 Å². The third-order valence-electron chi connectivity index (χ3n) is 2.53. The Morgan fingerprint density at radius 2 is 1.94 bits per heavy atom. The molecule has 0 fully saturated rings. The van der Waals surface area contributed by atoms with Crippen LogP contribution in [0.1, 0.15) is 15.9 Å². The van der Waals surface area contributed by atoms with E-state index in [-0.39, 0.29) is 0 Å². The van der Waals surface area contributed by atoms with Gasteiger partial charge >= 0.3 is 0 Å². The molecule has 0 aliphatic heterocycles. The van der Waals surface area contributed by atoms with Gasteiger partial charge in [0.15, 0.2) is 0 Å². The number of benzene rings is 2. The van der Waals surface area contributed by atoms with Crippen LogP contribution in [0, 0.1) is 6.92 Å². The molecule has 0 amide bonds. The molecule has 80 valence electrons. The van der Waals surface area contributed by atoms with Crippen LogP contribution in [0.15, 0.2) is 42.5 Å². The van der Waals surface area contributed by atoms with E-state index in [4.69, 9.17) is 11.6 Å². The van der Waals surface area contributed by atoms with E-state index in [1.165, 1.54) is 0 Å². The summed E-state index contributed by atoms with van der Waals surface area (Å²) in [6, 6.07) is 13.3. The second kappa shape index (κ2) is 4.50. The third kappa shape index (κ3) is 2.15. The number of rotatable bonds is 2. The van der Waals surface area contributed by atoms with Gasteiger partial charge in [-0.1, -0.05) is 35.9 Å². The first kappa shape index (κ1) is 10.9. The number of hydrogen-bond donors (Lipinski definition) is 0. The Bertz CT molecular complexity index is 532. The molecular weight excluding hydrogens is 220 g/mol. The van der Waals surface area contributed by atoms with Crippen LogP contribution in [-0.4, -0.2) is 6.29 Å². The first-order valence-electron chi connectivity index (χ1n) is 5.02. The molecule has 0 atom stereocenters. The molecule has 0 heterocycles. The van der Waals surface area contributed by atoms with Crippen LogP contribution in [0.5, 0.6) is 0 Å².